The lowest BCUT2D eigenvalue weighted by Gasteiger charge is -2.13. The summed E-state index contributed by atoms with van der Waals surface area (Å²) in [5, 5.41) is 0. The molecule has 2 nitrogen and oxygen atoms in total. The second-order valence-corrected chi connectivity index (χ2v) is 2.24. The maximum Gasteiger partial charge on any atom is 0.136 e. The molecule has 13 heavy (non-hydrogen) atoms. The number of amidine groups is 1. The van der Waals surface area contributed by atoms with E-state index in [1.54, 1.807) is 6.20 Å². The summed E-state index contributed by atoms with van der Waals surface area (Å²) >= 11 is 0. The minimum atomic E-state index is 0.797. The number of rotatable bonds is 4. The van der Waals surface area contributed by atoms with Crippen LogP contribution in [0.15, 0.2) is 55.0 Å². The first-order valence-electron chi connectivity index (χ1n) is 4.15. The van der Waals surface area contributed by atoms with Gasteiger partial charge in [0.1, 0.15) is 5.84 Å². The van der Waals surface area contributed by atoms with Gasteiger partial charge in [0.15, 0.2) is 0 Å². The Morgan fingerprint density at radius 1 is 1.23 bits per heavy atom. The highest BCUT2D eigenvalue weighted by Crippen LogP contribution is 1.97. The van der Waals surface area contributed by atoms with Gasteiger partial charge in [-0.3, -0.25) is 0 Å². The van der Waals surface area contributed by atoms with Crippen molar-refractivity contribution in [3.8, 4) is 0 Å². The predicted octanol–water partition coefficient (Wildman–Crippen LogP) is 3.08. The SMILES string of the molecule is C=C/N=C(/C=C\C)N(C=C)/C=C\C. The van der Waals surface area contributed by atoms with Gasteiger partial charge in [-0.1, -0.05) is 25.3 Å². The Kier molecular flexibility index (Phi) is 6.24. The third-order valence-corrected chi connectivity index (χ3v) is 1.31. The lowest BCUT2D eigenvalue weighted by atomic mass is 10.4. The largest absolute Gasteiger partial charge is 0.310 e. The van der Waals surface area contributed by atoms with Crippen LogP contribution in [-0.4, -0.2) is 10.7 Å². The molecular formula is C11H16N2. The van der Waals surface area contributed by atoms with E-state index < -0.39 is 0 Å². The molecule has 2 heteroatoms. The van der Waals surface area contributed by atoms with Gasteiger partial charge in [-0.25, -0.2) is 4.99 Å². The van der Waals surface area contributed by atoms with Crippen LogP contribution in [0.2, 0.25) is 0 Å². The quantitative estimate of drug-likeness (QED) is 0.474. The zero-order chi connectivity index (χ0) is 10.1. The van der Waals surface area contributed by atoms with Crippen LogP contribution in [0, 0.1) is 0 Å². The lowest BCUT2D eigenvalue weighted by Crippen LogP contribution is -2.16. The average molecular weight is 176 g/mol. The van der Waals surface area contributed by atoms with E-state index in [1.807, 2.05) is 43.2 Å². The monoisotopic (exact) mass is 176 g/mol. The molecule has 0 rings (SSSR count). The van der Waals surface area contributed by atoms with Crippen LogP contribution < -0.4 is 0 Å². The fourth-order valence-corrected chi connectivity index (χ4v) is 0.830. The van der Waals surface area contributed by atoms with Gasteiger partial charge in [-0.05, 0) is 19.9 Å². The number of hydrogen-bond acceptors (Lipinski definition) is 1. The first kappa shape index (κ1) is 11.4. The Morgan fingerprint density at radius 3 is 2.31 bits per heavy atom. The normalized spacial score (nSPS) is 12.3. The van der Waals surface area contributed by atoms with E-state index in [0.29, 0.717) is 0 Å². The van der Waals surface area contributed by atoms with Gasteiger partial charge in [-0.15, -0.1) is 0 Å². The van der Waals surface area contributed by atoms with Crippen molar-refractivity contribution in [1.82, 2.24) is 4.90 Å². The molecule has 0 radical (unpaired) electrons. The summed E-state index contributed by atoms with van der Waals surface area (Å²) in [5.74, 6) is 0.797. The number of aliphatic imine (C=N–C) groups is 1. The topological polar surface area (TPSA) is 15.6 Å². The molecule has 0 aliphatic carbocycles. The van der Waals surface area contributed by atoms with E-state index in [2.05, 4.69) is 18.2 Å². The number of hydrogen-bond donors (Lipinski definition) is 0. The molecule has 0 fully saturated rings. The summed E-state index contributed by atoms with van der Waals surface area (Å²) in [6, 6.07) is 0. The summed E-state index contributed by atoms with van der Waals surface area (Å²) in [4.78, 5) is 5.92. The Morgan fingerprint density at radius 2 is 1.92 bits per heavy atom. The van der Waals surface area contributed by atoms with Crippen molar-refractivity contribution in [2.45, 2.75) is 13.8 Å². The molecule has 0 aromatic rings. The third-order valence-electron chi connectivity index (χ3n) is 1.31. The zero-order valence-corrected chi connectivity index (χ0v) is 8.27. The molecule has 0 saturated heterocycles. The van der Waals surface area contributed by atoms with Crippen LogP contribution in [0.4, 0.5) is 0 Å². The minimum Gasteiger partial charge on any atom is -0.310 e. The average Bonchev–Trinajstić information content (AvgIpc) is 2.14. The molecular weight excluding hydrogens is 160 g/mol. The summed E-state index contributed by atoms with van der Waals surface area (Å²) in [5.41, 5.74) is 0. The maximum atomic E-state index is 4.10. The van der Waals surface area contributed by atoms with Crippen LogP contribution in [0.1, 0.15) is 13.8 Å². The van der Waals surface area contributed by atoms with Gasteiger partial charge >= 0.3 is 0 Å². The van der Waals surface area contributed by atoms with Gasteiger partial charge in [0.2, 0.25) is 0 Å². The molecule has 0 spiro atoms. The number of nitrogens with zero attached hydrogens (tertiary/aromatic N) is 2. The first-order valence-corrected chi connectivity index (χ1v) is 4.15. The summed E-state index contributed by atoms with van der Waals surface area (Å²) < 4.78 is 0. The van der Waals surface area contributed by atoms with E-state index in [4.69, 9.17) is 0 Å². The minimum absolute atomic E-state index is 0.797. The fraction of sp³-hybridized carbons (Fsp3) is 0.182. The van der Waals surface area contributed by atoms with Crippen LogP contribution in [0.3, 0.4) is 0 Å². The summed E-state index contributed by atoms with van der Waals surface area (Å²) in [7, 11) is 0. The molecule has 0 heterocycles. The highest BCUT2D eigenvalue weighted by Gasteiger charge is 1.97. The molecule has 70 valence electrons. The zero-order valence-electron chi connectivity index (χ0n) is 8.27. The van der Waals surface area contributed by atoms with Crippen LogP contribution in [-0.2, 0) is 0 Å². The summed E-state index contributed by atoms with van der Waals surface area (Å²) in [6.07, 6.45) is 10.8. The van der Waals surface area contributed by atoms with Gasteiger partial charge < -0.3 is 4.90 Å². The molecule has 0 aromatic carbocycles. The molecule has 0 aromatic heterocycles. The van der Waals surface area contributed by atoms with Crippen molar-refractivity contribution in [1.29, 1.82) is 0 Å². The van der Waals surface area contributed by atoms with E-state index in [9.17, 15) is 0 Å². The first-order chi connectivity index (χ1) is 6.29. The van der Waals surface area contributed by atoms with E-state index in [1.165, 1.54) is 6.20 Å². The molecule has 0 atom stereocenters. The predicted molar refractivity (Wildman–Crippen MR) is 59.3 cm³/mol. The van der Waals surface area contributed by atoms with Crippen molar-refractivity contribution in [2.24, 2.45) is 4.99 Å². The maximum absolute atomic E-state index is 4.10. The second-order valence-electron chi connectivity index (χ2n) is 2.24. The van der Waals surface area contributed by atoms with Gasteiger partial charge in [0, 0.05) is 18.6 Å². The molecule has 0 amide bonds. The van der Waals surface area contributed by atoms with Gasteiger partial charge in [0.25, 0.3) is 0 Å². The van der Waals surface area contributed by atoms with E-state index >= 15 is 0 Å². The Labute approximate surface area is 80.3 Å². The highest BCUT2D eigenvalue weighted by atomic mass is 15.1. The lowest BCUT2D eigenvalue weighted by molar-refractivity contribution is 0.764. The number of allylic oxidation sites excluding steroid dienone is 2. The molecule has 0 unspecified atom stereocenters. The molecule has 0 aliphatic rings. The molecule has 0 saturated carbocycles. The van der Waals surface area contributed by atoms with E-state index in [-0.39, 0.29) is 0 Å². The van der Waals surface area contributed by atoms with Gasteiger partial charge in [-0.2, -0.15) is 0 Å². The summed E-state index contributed by atoms with van der Waals surface area (Å²) in [6.45, 7) is 11.1. The van der Waals surface area contributed by atoms with Gasteiger partial charge in [0.05, 0.1) is 0 Å². The smallest absolute Gasteiger partial charge is 0.136 e. The third kappa shape index (κ3) is 4.11. The molecule has 0 bridgehead atoms. The Hall–Kier alpha value is -1.57. The van der Waals surface area contributed by atoms with Crippen LogP contribution in [0.5, 0.6) is 0 Å². The van der Waals surface area contributed by atoms with Crippen molar-refractivity contribution in [2.75, 3.05) is 0 Å². The van der Waals surface area contributed by atoms with Crippen molar-refractivity contribution < 1.29 is 0 Å². The highest BCUT2D eigenvalue weighted by molar-refractivity contribution is 5.94. The van der Waals surface area contributed by atoms with Crippen molar-refractivity contribution in [3.63, 3.8) is 0 Å². The van der Waals surface area contributed by atoms with Crippen LogP contribution in [0.25, 0.3) is 0 Å². The molecule has 0 N–H and O–H groups in total. The Balaban J connectivity index is 4.78. The molecule has 0 aliphatic heterocycles. The van der Waals surface area contributed by atoms with Crippen molar-refractivity contribution >= 4 is 5.84 Å². The van der Waals surface area contributed by atoms with Crippen LogP contribution >= 0.6 is 0 Å². The standard InChI is InChI=1S/C11H16N2/c1-5-9-11(12-7-3)13(8-4)10-6-2/h5-10H,3-4H2,1-2H3/b9-5-,10-6-,12-11-. The fourth-order valence-electron chi connectivity index (χ4n) is 0.830. The Bertz CT molecular complexity index is 247. The van der Waals surface area contributed by atoms with E-state index in [0.717, 1.165) is 5.84 Å². The second kappa shape index (κ2) is 7.10. The van der Waals surface area contributed by atoms with Crippen molar-refractivity contribution in [3.05, 3.63) is 50.0 Å².